The van der Waals surface area contributed by atoms with Crippen LogP contribution in [0, 0.1) is 0 Å². The molecule has 0 saturated carbocycles. The molecule has 0 radical (unpaired) electrons. The van der Waals surface area contributed by atoms with Gasteiger partial charge in [-0.1, -0.05) is 11.6 Å². The third kappa shape index (κ3) is 2.85. The maximum absolute atomic E-state index is 12.1. The number of halogens is 1. The molecule has 0 bridgehead atoms. The summed E-state index contributed by atoms with van der Waals surface area (Å²) in [5.41, 5.74) is 0.786. The van der Waals surface area contributed by atoms with Gasteiger partial charge in [-0.25, -0.2) is 19.7 Å². The summed E-state index contributed by atoms with van der Waals surface area (Å²) in [6.45, 7) is 6.81. The summed E-state index contributed by atoms with van der Waals surface area (Å²) >= 11 is 6.02. The summed E-state index contributed by atoms with van der Waals surface area (Å²) in [6.07, 6.45) is 3.66. The number of amides is 1. The Labute approximate surface area is 133 Å². The van der Waals surface area contributed by atoms with Gasteiger partial charge in [0.15, 0.2) is 10.8 Å². The Morgan fingerprint density at radius 3 is 2.86 bits per heavy atom. The molecule has 0 unspecified atom stereocenters. The largest absolute Gasteiger partial charge is 0.444 e. The highest BCUT2D eigenvalue weighted by atomic mass is 35.5. The second kappa shape index (κ2) is 5.39. The van der Waals surface area contributed by atoms with E-state index in [1.807, 2.05) is 25.3 Å². The molecule has 2 aromatic rings. The van der Waals surface area contributed by atoms with Gasteiger partial charge < -0.3 is 14.2 Å². The Balaban J connectivity index is 1.77. The van der Waals surface area contributed by atoms with Gasteiger partial charge in [-0.15, -0.1) is 0 Å². The topological polar surface area (TPSA) is 73.1 Å². The Hall–Kier alpha value is -1.89. The number of carbonyl (C=O) groups is 1. The Morgan fingerprint density at radius 1 is 1.36 bits per heavy atom. The smallest absolute Gasteiger partial charge is 0.410 e. The number of nitrogens with zero attached hydrogens (tertiary/aromatic N) is 5. The molecule has 3 heterocycles. The van der Waals surface area contributed by atoms with Gasteiger partial charge in [-0.2, -0.15) is 0 Å². The second-order valence-corrected chi connectivity index (χ2v) is 6.72. The third-order valence-electron chi connectivity index (χ3n) is 3.52. The summed E-state index contributed by atoms with van der Waals surface area (Å²) in [6, 6.07) is 0.114. The minimum atomic E-state index is -0.488. The van der Waals surface area contributed by atoms with Crippen LogP contribution in [0.15, 0.2) is 12.7 Å². The average molecular weight is 324 g/mol. The minimum Gasteiger partial charge on any atom is -0.444 e. The molecule has 3 rings (SSSR count). The van der Waals surface area contributed by atoms with Crippen LogP contribution in [-0.4, -0.2) is 49.2 Å². The molecule has 0 spiro atoms. The van der Waals surface area contributed by atoms with Gasteiger partial charge in [0.05, 0.1) is 12.4 Å². The van der Waals surface area contributed by atoms with E-state index in [1.165, 1.54) is 6.33 Å². The molecule has 0 aliphatic carbocycles. The van der Waals surface area contributed by atoms with E-state index in [9.17, 15) is 4.79 Å². The predicted molar refractivity (Wildman–Crippen MR) is 81.8 cm³/mol. The van der Waals surface area contributed by atoms with Crippen molar-refractivity contribution in [2.24, 2.45) is 0 Å². The molecule has 118 valence electrons. The lowest BCUT2D eigenvalue weighted by Crippen LogP contribution is -2.35. The van der Waals surface area contributed by atoms with Crippen LogP contribution in [-0.2, 0) is 4.74 Å². The third-order valence-corrected chi connectivity index (χ3v) is 3.80. The number of aromatic nitrogens is 4. The molecule has 8 heteroatoms. The van der Waals surface area contributed by atoms with Crippen LogP contribution >= 0.6 is 11.6 Å². The second-order valence-electron chi connectivity index (χ2n) is 6.36. The quantitative estimate of drug-likeness (QED) is 0.754. The predicted octanol–water partition coefficient (Wildman–Crippen LogP) is 2.66. The lowest BCUT2D eigenvalue weighted by molar-refractivity contribution is 0.0289. The SMILES string of the molecule is CC(C)(C)OC(=O)N1CC[C@@H](n2cnc3c(Cl)ncnc32)C1. The van der Waals surface area contributed by atoms with E-state index in [0.717, 1.165) is 6.42 Å². The minimum absolute atomic E-state index is 0.114. The first-order valence-electron chi connectivity index (χ1n) is 7.16. The summed E-state index contributed by atoms with van der Waals surface area (Å²) in [4.78, 5) is 26.3. The molecular weight excluding hydrogens is 306 g/mol. The van der Waals surface area contributed by atoms with Crippen molar-refractivity contribution in [3.63, 3.8) is 0 Å². The maximum Gasteiger partial charge on any atom is 0.410 e. The zero-order chi connectivity index (χ0) is 15.9. The first-order chi connectivity index (χ1) is 10.3. The summed E-state index contributed by atoms with van der Waals surface area (Å²) in [7, 11) is 0. The number of hydrogen-bond donors (Lipinski definition) is 0. The van der Waals surface area contributed by atoms with Crippen LogP contribution in [0.5, 0.6) is 0 Å². The monoisotopic (exact) mass is 323 g/mol. The van der Waals surface area contributed by atoms with Gasteiger partial charge in [-0.3, -0.25) is 0 Å². The molecule has 2 aromatic heterocycles. The van der Waals surface area contributed by atoms with Gasteiger partial charge in [0.25, 0.3) is 0 Å². The van der Waals surface area contributed by atoms with Crippen molar-refractivity contribution in [3.8, 4) is 0 Å². The van der Waals surface area contributed by atoms with Crippen molar-refractivity contribution in [1.29, 1.82) is 0 Å². The van der Waals surface area contributed by atoms with Crippen molar-refractivity contribution in [2.45, 2.75) is 38.8 Å². The van der Waals surface area contributed by atoms with E-state index in [2.05, 4.69) is 15.0 Å². The molecule has 1 amide bonds. The first-order valence-corrected chi connectivity index (χ1v) is 7.54. The first kappa shape index (κ1) is 15.0. The molecule has 7 nitrogen and oxygen atoms in total. The van der Waals surface area contributed by atoms with Crippen molar-refractivity contribution in [2.75, 3.05) is 13.1 Å². The molecule has 0 aromatic carbocycles. The van der Waals surface area contributed by atoms with Crippen LogP contribution in [0.25, 0.3) is 11.2 Å². The van der Waals surface area contributed by atoms with E-state index in [4.69, 9.17) is 16.3 Å². The van der Waals surface area contributed by atoms with Crippen LogP contribution < -0.4 is 0 Å². The number of rotatable bonds is 1. The number of ether oxygens (including phenoxy) is 1. The molecule has 0 N–H and O–H groups in total. The molecule has 1 saturated heterocycles. The van der Waals surface area contributed by atoms with E-state index < -0.39 is 5.60 Å². The van der Waals surface area contributed by atoms with Gasteiger partial charge in [0, 0.05) is 13.1 Å². The van der Waals surface area contributed by atoms with E-state index in [0.29, 0.717) is 29.4 Å². The number of imidazole rings is 1. The van der Waals surface area contributed by atoms with E-state index >= 15 is 0 Å². The Kier molecular flexibility index (Phi) is 3.68. The van der Waals surface area contributed by atoms with E-state index in [1.54, 1.807) is 11.2 Å². The summed E-state index contributed by atoms with van der Waals surface area (Å²) in [5, 5.41) is 0.339. The zero-order valence-corrected chi connectivity index (χ0v) is 13.5. The van der Waals surface area contributed by atoms with Gasteiger partial charge in [0.2, 0.25) is 0 Å². The molecule has 22 heavy (non-hydrogen) atoms. The lowest BCUT2D eigenvalue weighted by Gasteiger charge is -2.24. The molecule has 1 aliphatic heterocycles. The van der Waals surface area contributed by atoms with Crippen LogP contribution in [0.1, 0.15) is 33.2 Å². The van der Waals surface area contributed by atoms with Crippen molar-refractivity contribution in [3.05, 3.63) is 17.8 Å². The summed E-state index contributed by atoms with van der Waals surface area (Å²) < 4.78 is 7.36. The molecular formula is C14H18ClN5O2. The fourth-order valence-electron chi connectivity index (χ4n) is 2.55. The average Bonchev–Trinajstić information content (AvgIpc) is 3.03. The highest BCUT2D eigenvalue weighted by Gasteiger charge is 2.31. The standard InChI is InChI=1S/C14H18ClN5O2/c1-14(2,3)22-13(21)19-5-4-9(6-19)20-8-18-10-11(15)16-7-17-12(10)20/h7-9H,4-6H2,1-3H3/t9-/m1/s1. The number of hydrogen-bond acceptors (Lipinski definition) is 5. The van der Waals surface area contributed by atoms with Gasteiger partial charge in [-0.05, 0) is 27.2 Å². The highest BCUT2D eigenvalue weighted by Crippen LogP contribution is 2.27. The fraction of sp³-hybridized carbons (Fsp3) is 0.571. The van der Waals surface area contributed by atoms with E-state index in [-0.39, 0.29) is 12.1 Å². The number of carbonyl (C=O) groups excluding carboxylic acids is 1. The number of likely N-dealkylation sites (tertiary alicyclic amines) is 1. The van der Waals surface area contributed by atoms with Gasteiger partial charge >= 0.3 is 6.09 Å². The van der Waals surface area contributed by atoms with Gasteiger partial charge in [0.1, 0.15) is 17.4 Å². The Morgan fingerprint density at radius 2 is 2.14 bits per heavy atom. The summed E-state index contributed by atoms with van der Waals surface area (Å²) in [5.74, 6) is 0. The van der Waals surface area contributed by atoms with Crippen LogP contribution in [0.4, 0.5) is 4.79 Å². The normalized spacial score (nSPS) is 18.9. The van der Waals surface area contributed by atoms with Crippen LogP contribution in [0.3, 0.4) is 0 Å². The molecule has 1 atom stereocenters. The number of fused-ring (bicyclic) bond motifs is 1. The highest BCUT2D eigenvalue weighted by molar-refractivity contribution is 6.33. The Bertz CT molecular complexity index is 709. The van der Waals surface area contributed by atoms with Crippen molar-refractivity contribution in [1.82, 2.24) is 24.4 Å². The van der Waals surface area contributed by atoms with Crippen molar-refractivity contribution < 1.29 is 9.53 Å². The lowest BCUT2D eigenvalue weighted by atomic mass is 10.2. The fourth-order valence-corrected chi connectivity index (χ4v) is 2.73. The maximum atomic E-state index is 12.1. The molecule has 1 aliphatic rings. The molecule has 1 fully saturated rings. The zero-order valence-electron chi connectivity index (χ0n) is 12.8. The van der Waals surface area contributed by atoms with Crippen molar-refractivity contribution >= 4 is 28.9 Å². The van der Waals surface area contributed by atoms with Crippen LogP contribution in [0.2, 0.25) is 5.15 Å².